The van der Waals surface area contributed by atoms with E-state index in [2.05, 4.69) is 41.9 Å². The van der Waals surface area contributed by atoms with Crippen LogP contribution in [0, 0.1) is 11.8 Å². The summed E-state index contributed by atoms with van der Waals surface area (Å²) in [6.45, 7) is 11.2. The van der Waals surface area contributed by atoms with Crippen LogP contribution < -0.4 is 4.74 Å². The standard InChI is InChI=1S/C27H40N4O3/c1-27(2,3)31-16-10-20(11-17-31)19-34-24-8-9-25(28-18-24)21-4-6-22(7-5-21)26(32)30-14-12-23(29-33)13-15-30/h4,8-9,18,20,22,33H,5-7,10-17,19H2,1-3H3. The zero-order valence-corrected chi connectivity index (χ0v) is 21.0. The third kappa shape index (κ3) is 6.17. The number of piperidine rings is 2. The molecule has 0 spiro atoms. The number of pyridine rings is 1. The lowest BCUT2D eigenvalue weighted by Gasteiger charge is -2.40. The second-order valence-corrected chi connectivity index (χ2v) is 11.0. The molecule has 7 heteroatoms. The highest BCUT2D eigenvalue weighted by Gasteiger charge is 2.29. The van der Waals surface area contributed by atoms with Crippen molar-refractivity contribution in [2.24, 2.45) is 17.0 Å². The van der Waals surface area contributed by atoms with Gasteiger partial charge in [0.15, 0.2) is 0 Å². The fourth-order valence-electron chi connectivity index (χ4n) is 5.27. The Kier molecular flexibility index (Phi) is 7.91. The van der Waals surface area contributed by atoms with Crippen LogP contribution in [0.2, 0.25) is 0 Å². The van der Waals surface area contributed by atoms with Crippen LogP contribution in [0.15, 0.2) is 29.6 Å². The molecule has 0 bridgehead atoms. The zero-order valence-electron chi connectivity index (χ0n) is 21.0. The molecule has 186 valence electrons. The summed E-state index contributed by atoms with van der Waals surface area (Å²) in [4.78, 5) is 22.0. The van der Waals surface area contributed by atoms with Crippen molar-refractivity contribution in [3.05, 3.63) is 30.1 Å². The monoisotopic (exact) mass is 468 g/mol. The van der Waals surface area contributed by atoms with Gasteiger partial charge in [0.2, 0.25) is 5.91 Å². The van der Waals surface area contributed by atoms with E-state index in [-0.39, 0.29) is 17.4 Å². The minimum Gasteiger partial charge on any atom is -0.492 e. The first-order valence-corrected chi connectivity index (χ1v) is 12.9. The molecule has 1 atom stereocenters. The Morgan fingerprint density at radius 1 is 1.12 bits per heavy atom. The molecule has 3 heterocycles. The minimum atomic E-state index is 0.0451. The number of hydrogen-bond donors (Lipinski definition) is 1. The van der Waals surface area contributed by atoms with Gasteiger partial charge in [0, 0.05) is 37.4 Å². The maximum atomic E-state index is 12.9. The second-order valence-electron chi connectivity index (χ2n) is 11.0. The second kappa shape index (κ2) is 10.9. The van der Waals surface area contributed by atoms with Crippen LogP contribution >= 0.6 is 0 Å². The molecule has 1 aliphatic carbocycles. The van der Waals surface area contributed by atoms with Crippen molar-refractivity contribution < 1.29 is 14.7 Å². The molecule has 2 aliphatic heterocycles. The third-order valence-corrected chi connectivity index (χ3v) is 7.67. The number of aromatic nitrogens is 1. The number of likely N-dealkylation sites (tertiary alicyclic amines) is 2. The Morgan fingerprint density at radius 2 is 1.85 bits per heavy atom. The van der Waals surface area contributed by atoms with Gasteiger partial charge in [0.25, 0.3) is 0 Å². The number of allylic oxidation sites excluding steroid dienone is 2. The maximum Gasteiger partial charge on any atom is 0.226 e. The summed E-state index contributed by atoms with van der Waals surface area (Å²) in [5.41, 5.74) is 3.25. The average Bonchev–Trinajstić information content (AvgIpc) is 2.87. The van der Waals surface area contributed by atoms with Gasteiger partial charge in [0.1, 0.15) is 5.75 Å². The van der Waals surface area contributed by atoms with Crippen LogP contribution in [0.4, 0.5) is 0 Å². The molecule has 1 unspecified atom stereocenters. The van der Waals surface area contributed by atoms with Gasteiger partial charge in [-0.05, 0) is 89.6 Å². The molecule has 0 saturated carbocycles. The number of hydrogen-bond acceptors (Lipinski definition) is 6. The van der Waals surface area contributed by atoms with E-state index >= 15 is 0 Å². The number of nitrogens with zero attached hydrogens (tertiary/aromatic N) is 4. The van der Waals surface area contributed by atoms with E-state index in [1.54, 1.807) is 0 Å². The first-order valence-electron chi connectivity index (χ1n) is 12.9. The lowest BCUT2D eigenvalue weighted by Crippen LogP contribution is -2.46. The normalized spacial score (nSPS) is 22.9. The molecular formula is C27H40N4O3. The van der Waals surface area contributed by atoms with Gasteiger partial charge in [-0.25, -0.2) is 0 Å². The van der Waals surface area contributed by atoms with E-state index < -0.39 is 0 Å². The summed E-state index contributed by atoms with van der Waals surface area (Å²) in [7, 11) is 0. The van der Waals surface area contributed by atoms with Crippen LogP contribution in [0.25, 0.3) is 5.57 Å². The molecule has 7 nitrogen and oxygen atoms in total. The quantitative estimate of drug-likeness (QED) is 0.504. The van der Waals surface area contributed by atoms with Crippen molar-refractivity contribution in [2.75, 3.05) is 32.8 Å². The predicted molar refractivity (Wildman–Crippen MR) is 134 cm³/mol. The highest BCUT2D eigenvalue weighted by Crippen LogP contribution is 2.31. The average molecular weight is 469 g/mol. The molecule has 0 radical (unpaired) electrons. The molecule has 34 heavy (non-hydrogen) atoms. The lowest BCUT2D eigenvalue weighted by atomic mass is 9.87. The SMILES string of the molecule is CC(C)(C)N1CCC(COc2ccc(C3=CCC(C(=O)N4CCC(=NO)CC4)CC3)nc2)CC1. The molecule has 1 aromatic heterocycles. The number of ether oxygens (including phenoxy) is 1. The molecule has 1 amide bonds. The van der Waals surface area contributed by atoms with Gasteiger partial charge in [-0.1, -0.05) is 11.2 Å². The van der Waals surface area contributed by atoms with Crippen LogP contribution in [0.5, 0.6) is 5.75 Å². The minimum absolute atomic E-state index is 0.0451. The number of carbonyl (C=O) groups is 1. The Balaban J connectivity index is 1.23. The topological polar surface area (TPSA) is 78.3 Å². The summed E-state index contributed by atoms with van der Waals surface area (Å²) in [5.74, 6) is 1.72. The summed E-state index contributed by atoms with van der Waals surface area (Å²) in [6, 6.07) is 4.07. The first-order chi connectivity index (χ1) is 16.3. The number of amides is 1. The van der Waals surface area contributed by atoms with Gasteiger partial charge >= 0.3 is 0 Å². The molecular weight excluding hydrogens is 428 g/mol. The smallest absolute Gasteiger partial charge is 0.226 e. The molecule has 1 aromatic rings. The van der Waals surface area contributed by atoms with Crippen LogP contribution in [0.3, 0.4) is 0 Å². The van der Waals surface area contributed by atoms with Gasteiger partial charge in [-0.3, -0.25) is 14.7 Å². The number of oxime groups is 1. The molecule has 2 fully saturated rings. The summed E-state index contributed by atoms with van der Waals surface area (Å²) in [6.07, 6.45) is 10.2. The predicted octanol–water partition coefficient (Wildman–Crippen LogP) is 4.61. The highest BCUT2D eigenvalue weighted by atomic mass is 16.5. The van der Waals surface area contributed by atoms with Crippen molar-refractivity contribution in [1.82, 2.24) is 14.8 Å². The third-order valence-electron chi connectivity index (χ3n) is 7.67. The van der Waals surface area contributed by atoms with E-state index in [1.807, 2.05) is 23.2 Å². The number of rotatable bonds is 5. The van der Waals surface area contributed by atoms with E-state index in [0.29, 0.717) is 31.8 Å². The molecule has 2 saturated heterocycles. The largest absolute Gasteiger partial charge is 0.492 e. The lowest BCUT2D eigenvalue weighted by molar-refractivity contribution is -0.135. The maximum absolute atomic E-state index is 12.9. The van der Waals surface area contributed by atoms with Crippen LogP contribution in [0.1, 0.15) is 71.4 Å². The van der Waals surface area contributed by atoms with Gasteiger partial charge in [0.05, 0.1) is 24.2 Å². The summed E-state index contributed by atoms with van der Waals surface area (Å²) in [5, 5.41) is 12.2. The van der Waals surface area contributed by atoms with Crippen molar-refractivity contribution >= 4 is 17.2 Å². The number of carbonyl (C=O) groups excluding carboxylic acids is 1. The van der Waals surface area contributed by atoms with Gasteiger partial charge in [-0.15, -0.1) is 0 Å². The Hall–Kier alpha value is -2.41. The summed E-state index contributed by atoms with van der Waals surface area (Å²) < 4.78 is 6.07. The first kappa shape index (κ1) is 24.7. The van der Waals surface area contributed by atoms with Crippen molar-refractivity contribution in [1.29, 1.82) is 0 Å². The Morgan fingerprint density at radius 3 is 2.41 bits per heavy atom. The van der Waals surface area contributed by atoms with Gasteiger partial charge < -0.3 is 14.8 Å². The molecule has 1 N–H and O–H groups in total. The molecule has 3 aliphatic rings. The Bertz CT molecular complexity index is 885. The van der Waals surface area contributed by atoms with E-state index in [1.165, 1.54) is 18.4 Å². The van der Waals surface area contributed by atoms with E-state index in [4.69, 9.17) is 9.94 Å². The van der Waals surface area contributed by atoms with Crippen molar-refractivity contribution in [2.45, 2.75) is 71.3 Å². The van der Waals surface area contributed by atoms with Crippen molar-refractivity contribution in [3.8, 4) is 5.75 Å². The highest BCUT2D eigenvalue weighted by molar-refractivity contribution is 5.88. The zero-order chi connectivity index (χ0) is 24.1. The molecule has 4 rings (SSSR count). The fourth-order valence-corrected chi connectivity index (χ4v) is 5.27. The fraction of sp³-hybridized carbons (Fsp3) is 0.667. The Labute approximate surface area is 203 Å². The van der Waals surface area contributed by atoms with E-state index in [9.17, 15) is 4.79 Å². The van der Waals surface area contributed by atoms with Crippen LogP contribution in [-0.4, -0.2) is 69.9 Å². The van der Waals surface area contributed by atoms with E-state index in [0.717, 1.165) is 56.1 Å². The van der Waals surface area contributed by atoms with Gasteiger partial charge in [-0.2, -0.15) is 0 Å². The van der Waals surface area contributed by atoms with Crippen LogP contribution in [-0.2, 0) is 4.79 Å². The van der Waals surface area contributed by atoms with Crippen molar-refractivity contribution in [3.63, 3.8) is 0 Å². The molecule has 0 aromatic carbocycles. The summed E-state index contributed by atoms with van der Waals surface area (Å²) >= 11 is 0.